The summed E-state index contributed by atoms with van der Waals surface area (Å²) in [6.45, 7) is 4.00. The van der Waals surface area contributed by atoms with E-state index in [0.717, 1.165) is 44.5 Å². The maximum Gasteiger partial charge on any atom is 0.243 e. The molecule has 0 spiro atoms. The molecule has 2 aliphatic rings. The lowest BCUT2D eigenvalue weighted by Crippen LogP contribution is -2.37. The van der Waals surface area contributed by atoms with Crippen LogP contribution in [0.5, 0.6) is 0 Å². The van der Waals surface area contributed by atoms with Crippen LogP contribution in [0.3, 0.4) is 0 Å². The van der Waals surface area contributed by atoms with Crippen LogP contribution in [0, 0.1) is 0 Å². The van der Waals surface area contributed by atoms with Crippen molar-refractivity contribution in [1.29, 1.82) is 0 Å². The summed E-state index contributed by atoms with van der Waals surface area (Å²) in [6.07, 6.45) is 3.85. The highest BCUT2D eigenvalue weighted by molar-refractivity contribution is 7.89. The largest absolute Gasteiger partial charge is 0.352 e. The van der Waals surface area contributed by atoms with Crippen molar-refractivity contribution in [3.63, 3.8) is 0 Å². The van der Waals surface area contributed by atoms with Crippen LogP contribution < -0.4 is 5.32 Å². The summed E-state index contributed by atoms with van der Waals surface area (Å²) < 4.78 is 26.8. The molecule has 2 saturated heterocycles. The molecule has 7 heteroatoms. The molecular formula is C24H31N3O3S. The number of benzene rings is 2. The van der Waals surface area contributed by atoms with Crippen LogP contribution in [0.4, 0.5) is 0 Å². The molecular weight excluding hydrogens is 410 g/mol. The zero-order chi connectivity index (χ0) is 21.7. The SMILES string of the molecule is O=C(CCc1ccc(S(=O)(=O)N2CCCC2)cc1)N[C@@H]1CCN(Cc2ccccc2)C1. The minimum Gasteiger partial charge on any atom is -0.352 e. The molecule has 0 radical (unpaired) electrons. The topological polar surface area (TPSA) is 69.7 Å². The summed E-state index contributed by atoms with van der Waals surface area (Å²) in [6, 6.07) is 17.6. The summed E-state index contributed by atoms with van der Waals surface area (Å²) in [4.78, 5) is 15.1. The number of carbonyl (C=O) groups is 1. The van der Waals surface area contributed by atoms with Crippen LogP contribution in [0.2, 0.25) is 0 Å². The normalized spacial score (nSPS) is 20.2. The van der Waals surface area contributed by atoms with Gasteiger partial charge >= 0.3 is 0 Å². The van der Waals surface area contributed by atoms with Gasteiger partial charge in [0.15, 0.2) is 0 Å². The van der Waals surface area contributed by atoms with Crippen molar-refractivity contribution in [1.82, 2.24) is 14.5 Å². The second-order valence-electron chi connectivity index (χ2n) is 8.53. The molecule has 6 nitrogen and oxygen atoms in total. The van der Waals surface area contributed by atoms with Gasteiger partial charge < -0.3 is 5.32 Å². The Bertz CT molecular complexity index is 971. The summed E-state index contributed by atoms with van der Waals surface area (Å²) in [7, 11) is -3.38. The lowest BCUT2D eigenvalue weighted by atomic mass is 10.1. The fourth-order valence-electron chi connectivity index (χ4n) is 4.40. The maximum absolute atomic E-state index is 12.6. The van der Waals surface area contributed by atoms with Gasteiger partial charge in [0, 0.05) is 45.2 Å². The molecule has 1 atom stereocenters. The molecule has 2 aromatic carbocycles. The first kappa shape index (κ1) is 22.0. The third-order valence-corrected chi connectivity index (χ3v) is 8.07. The number of aryl methyl sites for hydroxylation is 1. The van der Waals surface area contributed by atoms with E-state index in [-0.39, 0.29) is 11.9 Å². The number of sulfonamides is 1. The van der Waals surface area contributed by atoms with Crippen LogP contribution in [-0.2, 0) is 27.8 Å². The second kappa shape index (κ2) is 9.94. The molecule has 0 unspecified atom stereocenters. The fraction of sp³-hybridized carbons (Fsp3) is 0.458. The van der Waals surface area contributed by atoms with Crippen LogP contribution in [0.15, 0.2) is 59.5 Å². The first-order chi connectivity index (χ1) is 15.0. The molecule has 2 fully saturated rings. The zero-order valence-electron chi connectivity index (χ0n) is 17.9. The summed E-state index contributed by atoms with van der Waals surface area (Å²) >= 11 is 0. The molecule has 0 aliphatic carbocycles. The van der Waals surface area contributed by atoms with Gasteiger partial charge in [-0.3, -0.25) is 9.69 Å². The van der Waals surface area contributed by atoms with Gasteiger partial charge in [-0.05, 0) is 48.9 Å². The van der Waals surface area contributed by atoms with Crippen molar-refractivity contribution < 1.29 is 13.2 Å². The minimum absolute atomic E-state index is 0.0559. The van der Waals surface area contributed by atoms with E-state index < -0.39 is 10.0 Å². The third-order valence-electron chi connectivity index (χ3n) is 6.15. The smallest absolute Gasteiger partial charge is 0.243 e. The number of hydrogen-bond donors (Lipinski definition) is 1. The van der Waals surface area contributed by atoms with Crippen molar-refractivity contribution >= 4 is 15.9 Å². The van der Waals surface area contributed by atoms with E-state index in [0.29, 0.717) is 30.8 Å². The van der Waals surface area contributed by atoms with Crippen LogP contribution in [0.1, 0.15) is 36.8 Å². The summed E-state index contributed by atoms with van der Waals surface area (Å²) in [5, 5.41) is 3.15. The quantitative estimate of drug-likeness (QED) is 0.684. The average Bonchev–Trinajstić information content (AvgIpc) is 3.46. The van der Waals surface area contributed by atoms with Gasteiger partial charge in [-0.15, -0.1) is 0 Å². The molecule has 2 heterocycles. The predicted molar refractivity (Wildman–Crippen MR) is 121 cm³/mol. The van der Waals surface area contributed by atoms with E-state index in [4.69, 9.17) is 0 Å². The van der Waals surface area contributed by atoms with Crippen molar-refractivity contribution in [2.75, 3.05) is 26.2 Å². The number of rotatable bonds is 8. The van der Waals surface area contributed by atoms with Crippen molar-refractivity contribution in [2.24, 2.45) is 0 Å². The molecule has 31 heavy (non-hydrogen) atoms. The average molecular weight is 442 g/mol. The van der Waals surface area contributed by atoms with Crippen molar-refractivity contribution in [3.05, 3.63) is 65.7 Å². The lowest BCUT2D eigenvalue weighted by Gasteiger charge is -2.17. The number of hydrogen-bond acceptors (Lipinski definition) is 4. The molecule has 2 aliphatic heterocycles. The number of amides is 1. The Morgan fingerprint density at radius 2 is 1.65 bits per heavy atom. The molecule has 2 aromatic rings. The Labute approximate surface area is 185 Å². The van der Waals surface area contributed by atoms with E-state index in [1.54, 1.807) is 16.4 Å². The second-order valence-corrected chi connectivity index (χ2v) is 10.5. The molecule has 166 valence electrons. The van der Waals surface area contributed by atoms with Gasteiger partial charge in [0.2, 0.25) is 15.9 Å². The van der Waals surface area contributed by atoms with E-state index in [2.05, 4.69) is 34.5 Å². The standard InChI is InChI=1S/C24H31N3O3S/c28-24(25-22-14-17-26(19-22)18-21-6-2-1-3-7-21)13-10-20-8-11-23(12-9-20)31(29,30)27-15-4-5-16-27/h1-3,6-9,11-12,22H,4-5,10,13-19H2,(H,25,28)/t22-/m1/s1. The van der Waals surface area contributed by atoms with E-state index in [1.165, 1.54) is 5.56 Å². The number of nitrogens with one attached hydrogen (secondary N) is 1. The highest BCUT2D eigenvalue weighted by Crippen LogP contribution is 2.21. The van der Waals surface area contributed by atoms with Gasteiger partial charge in [0.05, 0.1) is 4.90 Å². The van der Waals surface area contributed by atoms with Gasteiger partial charge in [-0.2, -0.15) is 4.31 Å². The summed E-state index contributed by atoms with van der Waals surface area (Å²) in [5.41, 5.74) is 2.28. The maximum atomic E-state index is 12.6. The Morgan fingerprint density at radius 3 is 2.35 bits per heavy atom. The molecule has 1 N–H and O–H groups in total. The Balaban J connectivity index is 1.22. The third kappa shape index (κ3) is 5.73. The minimum atomic E-state index is -3.38. The number of nitrogens with zero attached hydrogens (tertiary/aromatic N) is 2. The van der Waals surface area contributed by atoms with E-state index in [1.807, 2.05) is 18.2 Å². The van der Waals surface area contributed by atoms with E-state index >= 15 is 0 Å². The monoisotopic (exact) mass is 441 g/mol. The molecule has 0 bridgehead atoms. The van der Waals surface area contributed by atoms with Crippen LogP contribution >= 0.6 is 0 Å². The summed E-state index contributed by atoms with van der Waals surface area (Å²) in [5.74, 6) is 0.0559. The van der Waals surface area contributed by atoms with Gasteiger partial charge in [-0.25, -0.2) is 8.42 Å². The number of likely N-dealkylation sites (tertiary alicyclic amines) is 1. The molecule has 1 amide bonds. The van der Waals surface area contributed by atoms with Gasteiger partial charge in [0.1, 0.15) is 0 Å². The molecule has 0 aromatic heterocycles. The van der Waals surface area contributed by atoms with Crippen molar-refractivity contribution in [3.8, 4) is 0 Å². The first-order valence-electron chi connectivity index (χ1n) is 11.2. The Morgan fingerprint density at radius 1 is 0.935 bits per heavy atom. The van der Waals surface area contributed by atoms with Gasteiger partial charge in [0.25, 0.3) is 0 Å². The van der Waals surface area contributed by atoms with Crippen LogP contribution in [-0.4, -0.2) is 55.8 Å². The number of carbonyl (C=O) groups excluding carboxylic acids is 1. The molecule has 0 saturated carbocycles. The lowest BCUT2D eigenvalue weighted by molar-refractivity contribution is -0.121. The highest BCUT2D eigenvalue weighted by Gasteiger charge is 2.27. The zero-order valence-corrected chi connectivity index (χ0v) is 18.7. The Hall–Kier alpha value is -2.22. The van der Waals surface area contributed by atoms with Gasteiger partial charge in [-0.1, -0.05) is 42.5 Å². The van der Waals surface area contributed by atoms with E-state index in [9.17, 15) is 13.2 Å². The van der Waals surface area contributed by atoms with Crippen molar-refractivity contribution in [2.45, 2.75) is 49.6 Å². The predicted octanol–water partition coefficient (Wildman–Crippen LogP) is 2.79. The molecule has 4 rings (SSSR count). The first-order valence-corrected chi connectivity index (χ1v) is 12.6. The fourth-order valence-corrected chi connectivity index (χ4v) is 5.92. The van der Waals surface area contributed by atoms with Crippen LogP contribution in [0.25, 0.3) is 0 Å². The Kier molecular flexibility index (Phi) is 7.05. The highest BCUT2D eigenvalue weighted by atomic mass is 32.2.